The third kappa shape index (κ3) is 6.25. The van der Waals surface area contributed by atoms with Gasteiger partial charge >= 0.3 is 0 Å². The molecule has 0 aliphatic carbocycles. The number of benzene rings is 2. The molecule has 8 heteroatoms. The maximum atomic E-state index is 12.3. The van der Waals surface area contributed by atoms with E-state index >= 15 is 0 Å². The molecule has 2 aromatic rings. The number of hydroxylamine groups is 1. The van der Waals surface area contributed by atoms with Gasteiger partial charge < -0.3 is 16.4 Å². The Balaban J connectivity index is 2.03. The molecule has 0 bridgehead atoms. The second-order valence-electron chi connectivity index (χ2n) is 5.70. The van der Waals surface area contributed by atoms with Crippen molar-refractivity contribution in [2.24, 2.45) is 5.73 Å². The highest BCUT2D eigenvalue weighted by molar-refractivity contribution is 5.97. The number of hydrogen-bond donors (Lipinski definition) is 5. The first-order valence-electron chi connectivity index (χ1n) is 8.42. The van der Waals surface area contributed by atoms with E-state index in [4.69, 9.17) is 10.9 Å². The van der Waals surface area contributed by atoms with E-state index in [9.17, 15) is 14.4 Å². The highest BCUT2D eigenvalue weighted by atomic mass is 16.5. The summed E-state index contributed by atoms with van der Waals surface area (Å²) in [5.74, 6) is 4.11. The molecule has 0 aliphatic heterocycles. The molecule has 0 saturated heterocycles. The number of nitrogens with one attached hydrogen (secondary N) is 3. The van der Waals surface area contributed by atoms with Crippen LogP contribution in [0.15, 0.2) is 54.6 Å². The van der Waals surface area contributed by atoms with Gasteiger partial charge in [0.2, 0.25) is 5.91 Å². The number of amides is 3. The van der Waals surface area contributed by atoms with Gasteiger partial charge in [0, 0.05) is 23.2 Å². The van der Waals surface area contributed by atoms with Crippen molar-refractivity contribution in [1.29, 1.82) is 0 Å². The van der Waals surface area contributed by atoms with Crippen molar-refractivity contribution >= 4 is 17.7 Å². The van der Waals surface area contributed by atoms with Crippen molar-refractivity contribution in [3.05, 3.63) is 71.3 Å². The lowest BCUT2D eigenvalue weighted by atomic mass is 10.1. The largest absolute Gasteiger partial charge is 0.352 e. The average Bonchev–Trinajstić information content (AvgIpc) is 2.75. The van der Waals surface area contributed by atoms with Gasteiger partial charge in [-0.1, -0.05) is 30.0 Å². The zero-order chi connectivity index (χ0) is 20.4. The van der Waals surface area contributed by atoms with Crippen LogP contribution in [0.3, 0.4) is 0 Å². The van der Waals surface area contributed by atoms with E-state index < -0.39 is 23.8 Å². The zero-order valence-electron chi connectivity index (χ0n) is 14.9. The first-order chi connectivity index (χ1) is 13.5. The van der Waals surface area contributed by atoms with Crippen LogP contribution in [0.5, 0.6) is 0 Å². The molecule has 0 aliphatic rings. The van der Waals surface area contributed by atoms with Crippen LogP contribution < -0.4 is 21.8 Å². The third-order valence-electron chi connectivity index (χ3n) is 3.69. The Kier molecular flexibility index (Phi) is 7.72. The first kappa shape index (κ1) is 20.6. The van der Waals surface area contributed by atoms with Gasteiger partial charge in [0.1, 0.15) is 6.04 Å². The standard InChI is InChI=1S/C20H20N4O4/c21-12-18(25)22-13-17(20(27)24-28)23-19(26)16-10-8-15(9-11-16)7-6-14-4-2-1-3-5-14/h1-5,8-11,17,28H,12-13,21H2,(H,22,25)(H,23,26)(H,24,27)/t17-/m0/s1. The van der Waals surface area contributed by atoms with E-state index in [2.05, 4.69) is 22.5 Å². The molecule has 1 atom stereocenters. The van der Waals surface area contributed by atoms with Crippen molar-refractivity contribution in [2.75, 3.05) is 13.1 Å². The van der Waals surface area contributed by atoms with Gasteiger partial charge in [-0.15, -0.1) is 0 Å². The van der Waals surface area contributed by atoms with Gasteiger partial charge in [-0.3, -0.25) is 19.6 Å². The lowest BCUT2D eigenvalue weighted by Crippen LogP contribution is -2.52. The minimum atomic E-state index is -1.16. The molecule has 6 N–H and O–H groups in total. The topological polar surface area (TPSA) is 134 Å². The Hall–Kier alpha value is -3.67. The number of nitrogens with two attached hydrogens (primary N) is 1. The van der Waals surface area contributed by atoms with E-state index in [1.165, 1.54) is 5.48 Å². The molecule has 2 aromatic carbocycles. The molecule has 144 valence electrons. The number of hydrogen-bond acceptors (Lipinski definition) is 5. The molecule has 3 amide bonds. The second kappa shape index (κ2) is 10.5. The number of carbonyl (C=O) groups is 3. The van der Waals surface area contributed by atoms with Crippen molar-refractivity contribution in [3.8, 4) is 11.8 Å². The minimum Gasteiger partial charge on any atom is -0.352 e. The van der Waals surface area contributed by atoms with Crippen molar-refractivity contribution < 1.29 is 19.6 Å². The summed E-state index contributed by atoms with van der Waals surface area (Å²) in [5, 5.41) is 13.6. The van der Waals surface area contributed by atoms with Crippen LogP contribution in [-0.2, 0) is 9.59 Å². The van der Waals surface area contributed by atoms with Crippen LogP contribution in [0, 0.1) is 11.8 Å². The van der Waals surface area contributed by atoms with Gasteiger partial charge in [-0.05, 0) is 36.4 Å². The van der Waals surface area contributed by atoms with Crippen molar-refractivity contribution in [3.63, 3.8) is 0 Å². The lowest BCUT2D eigenvalue weighted by molar-refractivity contribution is -0.131. The number of rotatable bonds is 6. The monoisotopic (exact) mass is 380 g/mol. The van der Waals surface area contributed by atoms with Gasteiger partial charge in [-0.25, -0.2) is 5.48 Å². The predicted octanol–water partition coefficient (Wildman–Crippen LogP) is -0.235. The Morgan fingerprint density at radius 1 is 0.964 bits per heavy atom. The van der Waals surface area contributed by atoms with Gasteiger partial charge in [-0.2, -0.15) is 0 Å². The quantitative estimate of drug-likeness (QED) is 0.268. The molecule has 0 saturated carbocycles. The fraction of sp³-hybridized carbons (Fsp3) is 0.150. The lowest BCUT2D eigenvalue weighted by Gasteiger charge is -2.17. The summed E-state index contributed by atoms with van der Waals surface area (Å²) in [4.78, 5) is 35.2. The summed E-state index contributed by atoms with van der Waals surface area (Å²) in [5.41, 5.74) is 8.52. The third-order valence-corrected chi connectivity index (χ3v) is 3.69. The highest BCUT2D eigenvalue weighted by Gasteiger charge is 2.21. The fourth-order valence-electron chi connectivity index (χ4n) is 2.19. The van der Waals surface area contributed by atoms with Crippen molar-refractivity contribution in [2.45, 2.75) is 6.04 Å². The molecule has 0 fully saturated rings. The van der Waals surface area contributed by atoms with E-state index in [0.717, 1.165) is 11.1 Å². The molecule has 0 unspecified atom stereocenters. The maximum absolute atomic E-state index is 12.3. The highest BCUT2D eigenvalue weighted by Crippen LogP contribution is 2.05. The van der Waals surface area contributed by atoms with Crippen LogP contribution in [0.25, 0.3) is 0 Å². The first-order valence-corrected chi connectivity index (χ1v) is 8.42. The SMILES string of the molecule is NCC(=O)NC[C@H](NC(=O)c1ccc(C#Cc2ccccc2)cc1)C(=O)NO. The summed E-state index contributed by atoms with van der Waals surface area (Å²) < 4.78 is 0. The fourth-order valence-corrected chi connectivity index (χ4v) is 2.19. The Bertz CT molecular complexity index is 886. The smallest absolute Gasteiger partial charge is 0.267 e. The summed E-state index contributed by atoms with van der Waals surface area (Å²) >= 11 is 0. The van der Waals surface area contributed by atoms with E-state index in [1.807, 2.05) is 30.3 Å². The van der Waals surface area contributed by atoms with Crippen LogP contribution in [-0.4, -0.2) is 42.1 Å². The van der Waals surface area contributed by atoms with E-state index in [0.29, 0.717) is 5.56 Å². The van der Waals surface area contributed by atoms with E-state index in [1.54, 1.807) is 24.3 Å². The van der Waals surface area contributed by atoms with Gasteiger partial charge in [0.25, 0.3) is 11.8 Å². The molecule has 0 heterocycles. The molecule has 0 aromatic heterocycles. The van der Waals surface area contributed by atoms with Gasteiger partial charge in [0.15, 0.2) is 0 Å². The van der Waals surface area contributed by atoms with Crippen molar-refractivity contribution in [1.82, 2.24) is 16.1 Å². The average molecular weight is 380 g/mol. The van der Waals surface area contributed by atoms with Crippen LogP contribution in [0.1, 0.15) is 21.5 Å². The summed E-state index contributed by atoms with van der Waals surface area (Å²) in [6.45, 7) is -0.471. The molecule has 0 spiro atoms. The van der Waals surface area contributed by atoms with Gasteiger partial charge in [0.05, 0.1) is 6.54 Å². The Labute approximate surface area is 162 Å². The summed E-state index contributed by atoms with van der Waals surface area (Å²) in [6, 6.07) is 14.8. The molecule has 0 radical (unpaired) electrons. The maximum Gasteiger partial charge on any atom is 0.267 e. The molecule has 2 rings (SSSR count). The minimum absolute atomic E-state index is 0.213. The second-order valence-corrected chi connectivity index (χ2v) is 5.70. The molecular weight excluding hydrogens is 360 g/mol. The normalized spacial score (nSPS) is 10.8. The molecule has 8 nitrogen and oxygen atoms in total. The predicted molar refractivity (Wildman–Crippen MR) is 102 cm³/mol. The van der Waals surface area contributed by atoms with Crippen LogP contribution in [0.2, 0.25) is 0 Å². The summed E-state index contributed by atoms with van der Waals surface area (Å²) in [7, 11) is 0. The Morgan fingerprint density at radius 2 is 1.57 bits per heavy atom. The van der Waals surface area contributed by atoms with Crippen LogP contribution >= 0.6 is 0 Å². The Morgan fingerprint density at radius 3 is 2.14 bits per heavy atom. The summed E-state index contributed by atoms with van der Waals surface area (Å²) in [6.07, 6.45) is 0. The zero-order valence-corrected chi connectivity index (χ0v) is 14.9. The molecule has 28 heavy (non-hydrogen) atoms. The molecular formula is C20H20N4O4. The van der Waals surface area contributed by atoms with Crippen LogP contribution in [0.4, 0.5) is 0 Å². The number of carbonyl (C=O) groups excluding carboxylic acids is 3. The van der Waals surface area contributed by atoms with E-state index in [-0.39, 0.29) is 13.1 Å².